The van der Waals surface area contributed by atoms with E-state index in [-0.39, 0.29) is 13.0 Å². The normalized spacial score (nSPS) is 14.8. The van der Waals surface area contributed by atoms with Gasteiger partial charge in [0.1, 0.15) is 18.9 Å². The Kier molecular flexibility index (Phi) is 14.3. The molecular formula is C35H43N2O10P. The minimum atomic E-state index is -4.53. The number of hydrogen-bond acceptors (Lipinski definition) is 9. The lowest BCUT2D eigenvalue weighted by molar-refractivity contribution is -0.168. The van der Waals surface area contributed by atoms with Crippen LogP contribution in [0.3, 0.4) is 0 Å². The van der Waals surface area contributed by atoms with E-state index < -0.39 is 68.1 Å². The van der Waals surface area contributed by atoms with Crippen molar-refractivity contribution in [3.8, 4) is 11.1 Å². The second-order valence-corrected chi connectivity index (χ2v) is 13.4. The van der Waals surface area contributed by atoms with Crippen LogP contribution in [0.25, 0.3) is 11.1 Å². The van der Waals surface area contributed by atoms with E-state index >= 15 is 0 Å². The van der Waals surface area contributed by atoms with Gasteiger partial charge in [0.15, 0.2) is 0 Å². The number of rotatable bonds is 16. The van der Waals surface area contributed by atoms with Gasteiger partial charge in [-0.15, -0.1) is 0 Å². The molecule has 13 heteroatoms. The van der Waals surface area contributed by atoms with Crippen molar-refractivity contribution < 1.29 is 47.4 Å². The summed E-state index contributed by atoms with van der Waals surface area (Å²) in [5.74, 6) is -3.45. The highest BCUT2D eigenvalue weighted by Gasteiger charge is 2.34. The lowest BCUT2D eigenvalue weighted by atomic mass is 9.97. The number of ether oxygens (including phenoxy) is 3. The summed E-state index contributed by atoms with van der Waals surface area (Å²) in [4.78, 5) is 60.9. The SMILES string of the molecule is CC(NC(=O)OC(C)OC(=O)C(C)C)OP(=O)(O)CC(Cc1ccc(-c2ccccc2)cc1)C(=O)NC(C)C(=O)OCc1ccccc1. The van der Waals surface area contributed by atoms with Gasteiger partial charge < -0.3 is 24.4 Å². The maximum atomic E-state index is 13.5. The van der Waals surface area contributed by atoms with Crippen molar-refractivity contribution in [2.75, 3.05) is 6.16 Å². The molecule has 0 fully saturated rings. The maximum absolute atomic E-state index is 13.5. The third kappa shape index (κ3) is 12.9. The summed E-state index contributed by atoms with van der Waals surface area (Å²) < 4.78 is 33.8. The average Bonchev–Trinajstić information content (AvgIpc) is 3.03. The molecule has 0 saturated heterocycles. The molecule has 0 aliphatic carbocycles. The molecule has 2 amide bonds. The van der Waals surface area contributed by atoms with E-state index in [9.17, 15) is 28.6 Å². The molecule has 3 aromatic rings. The van der Waals surface area contributed by atoms with Crippen LogP contribution in [-0.4, -0.2) is 53.6 Å². The first-order valence-electron chi connectivity index (χ1n) is 15.6. The molecule has 0 aromatic heterocycles. The first-order chi connectivity index (χ1) is 22.7. The Balaban J connectivity index is 1.68. The molecule has 258 valence electrons. The highest BCUT2D eigenvalue weighted by atomic mass is 31.2. The number of carbonyl (C=O) groups is 4. The van der Waals surface area contributed by atoms with Crippen LogP contribution in [0.1, 0.15) is 45.7 Å². The predicted octanol–water partition coefficient (Wildman–Crippen LogP) is 5.58. The van der Waals surface area contributed by atoms with Gasteiger partial charge in [-0.1, -0.05) is 98.8 Å². The molecule has 3 aromatic carbocycles. The van der Waals surface area contributed by atoms with E-state index in [2.05, 4.69) is 10.6 Å². The van der Waals surface area contributed by atoms with Gasteiger partial charge in [0.05, 0.1) is 18.0 Å². The Labute approximate surface area is 280 Å². The molecule has 48 heavy (non-hydrogen) atoms. The van der Waals surface area contributed by atoms with Crippen LogP contribution >= 0.6 is 7.60 Å². The quantitative estimate of drug-likeness (QED) is 0.0986. The Hall–Kier alpha value is -4.51. The second kappa shape index (κ2) is 18.1. The lowest BCUT2D eigenvalue weighted by Gasteiger charge is -2.24. The first kappa shape index (κ1) is 37.9. The smallest absolute Gasteiger partial charge is 0.412 e. The zero-order chi connectivity index (χ0) is 35.3. The van der Waals surface area contributed by atoms with Gasteiger partial charge in [0.2, 0.25) is 12.2 Å². The Morgan fingerprint density at radius 1 is 0.729 bits per heavy atom. The summed E-state index contributed by atoms with van der Waals surface area (Å²) in [6.07, 6.45) is -4.17. The number of carbonyl (C=O) groups excluding carboxylic acids is 4. The van der Waals surface area contributed by atoms with Crippen LogP contribution in [0, 0.1) is 11.8 Å². The van der Waals surface area contributed by atoms with Gasteiger partial charge in [-0.25, -0.2) is 9.59 Å². The van der Waals surface area contributed by atoms with Gasteiger partial charge in [0, 0.05) is 6.92 Å². The summed E-state index contributed by atoms with van der Waals surface area (Å²) in [5.41, 5.74) is 3.43. The van der Waals surface area contributed by atoms with Gasteiger partial charge >= 0.3 is 25.6 Å². The largest absolute Gasteiger partial charge is 0.459 e. The van der Waals surface area contributed by atoms with Crippen molar-refractivity contribution >= 4 is 31.5 Å². The molecule has 0 bridgehead atoms. The molecule has 0 saturated carbocycles. The molecule has 5 atom stereocenters. The second-order valence-electron chi connectivity index (χ2n) is 11.6. The third-order valence-corrected chi connectivity index (χ3v) is 8.52. The lowest BCUT2D eigenvalue weighted by Crippen LogP contribution is -2.44. The summed E-state index contributed by atoms with van der Waals surface area (Å²) in [7, 11) is -4.53. The first-order valence-corrected chi connectivity index (χ1v) is 17.3. The zero-order valence-corrected chi connectivity index (χ0v) is 28.6. The van der Waals surface area contributed by atoms with Crippen LogP contribution < -0.4 is 10.6 Å². The minimum absolute atomic E-state index is 0.0169. The van der Waals surface area contributed by atoms with Crippen LogP contribution in [-0.2, 0) is 50.7 Å². The van der Waals surface area contributed by atoms with Crippen LogP contribution in [0.2, 0.25) is 0 Å². The van der Waals surface area contributed by atoms with Crippen LogP contribution in [0.4, 0.5) is 4.79 Å². The van der Waals surface area contributed by atoms with Gasteiger partial charge in [-0.2, -0.15) is 0 Å². The maximum Gasteiger partial charge on any atom is 0.412 e. The zero-order valence-electron chi connectivity index (χ0n) is 27.7. The van der Waals surface area contributed by atoms with E-state index in [1.54, 1.807) is 26.0 Å². The molecule has 0 spiro atoms. The predicted molar refractivity (Wildman–Crippen MR) is 178 cm³/mol. The van der Waals surface area contributed by atoms with Crippen LogP contribution in [0.15, 0.2) is 84.9 Å². The monoisotopic (exact) mass is 682 g/mol. The van der Waals surface area contributed by atoms with Crippen molar-refractivity contribution in [2.24, 2.45) is 11.8 Å². The third-order valence-electron chi connectivity index (χ3n) is 6.97. The fraction of sp³-hybridized carbons (Fsp3) is 0.371. The molecule has 0 aliphatic rings. The Morgan fingerprint density at radius 3 is 1.92 bits per heavy atom. The van der Waals surface area contributed by atoms with Crippen LogP contribution in [0.5, 0.6) is 0 Å². The molecule has 0 radical (unpaired) electrons. The molecule has 3 N–H and O–H groups in total. The fourth-order valence-corrected chi connectivity index (χ4v) is 5.99. The molecule has 12 nitrogen and oxygen atoms in total. The van der Waals surface area contributed by atoms with E-state index in [1.807, 2.05) is 72.8 Å². The van der Waals surface area contributed by atoms with E-state index in [0.717, 1.165) is 16.7 Å². The van der Waals surface area contributed by atoms with Gasteiger partial charge in [-0.3, -0.25) is 24.0 Å². The number of hydrogen-bond donors (Lipinski definition) is 3. The average molecular weight is 683 g/mol. The summed E-state index contributed by atoms with van der Waals surface area (Å²) in [6.45, 7) is 7.37. The number of esters is 2. The Bertz CT molecular complexity index is 1550. The van der Waals surface area contributed by atoms with E-state index in [0.29, 0.717) is 5.56 Å². The van der Waals surface area contributed by atoms with Crippen molar-refractivity contribution in [3.63, 3.8) is 0 Å². The highest BCUT2D eigenvalue weighted by molar-refractivity contribution is 7.52. The van der Waals surface area contributed by atoms with Crippen molar-refractivity contribution in [1.29, 1.82) is 0 Å². The molecular weight excluding hydrogens is 639 g/mol. The van der Waals surface area contributed by atoms with E-state index in [4.69, 9.17) is 18.7 Å². The molecule has 5 unspecified atom stereocenters. The fourth-order valence-electron chi connectivity index (χ4n) is 4.50. The molecule has 3 rings (SSSR count). The van der Waals surface area contributed by atoms with Crippen molar-refractivity contribution in [2.45, 2.75) is 66.2 Å². The summed E-state index contributed by atoms with van der Waals surface area (Å²) in [6, 6.07) is 25.1. The van der Waals surface area contributed by atoms with Crippen molar-refractivity contribution in [1.82, 2.24) is 10.6 Å². The molecule has 0 heterocycles. The van der Waals surface area contributed by atoms with E-state index in [1.165, 1.54) is 20.8 Å². The Morgan fingerprint density at radius 2 is 1.31 bits per heavy atom. The molecule has 0 aliphatic heterocycles. The minimum Gasteiger partial charge on any atom is -0.459 e. The topological polar surface area (TPSA) is 167 Å². The van der Waals surface area contributed by atoms with Gasteiger partial charge in [0.25, 0.3) is 0 Å². The summed E-state index contributed by atoms with van der Waals surface area (Å²) >= 11 is 0. The summed E-state index contributed by atoms with van der Waals surface area (Å²) in [5, 5.41) is 4.84. The highest BCUT2D eigenvalue weighted by Crippen LogP contribution is 2.45. The number of alkyl carbamates (subject to hydrolysis) is 1. The van der Waals surface area contributed by atoms with Crippen molar-refractivity contribution in [3.05, 3.63) is 96.1 Å². The van der Waals surface area contributed by atoms with Gasteiger partial charge in [-0.05, 0) is 42.5 Å². The number of nitrogens with one attached hydrogen (secondary N) is 2. The number of amides is 2. The standard InChI is InChI=1S/C35H43N2O10P/c1-23(2)33(39)45-26(5)46-35(41)37-25(4)47-48(42,43)22-31(20-27-16-18-30(19-17-27)29-14-10-7-11-15-29)32(38)36-24(3)34(40)44-21-28-12-8-6-9-13-28/h6-19,23-26,31H,20-22H2,1-5H3,(H,36,38)(H,37,41)(H,42,43). The number of benzene rings is 3.